The Bertz CT molecular complexity index is 776. The Kier molecular flexibility index (Phi) is 4.43. The fourth-order valence-electron chi connectivity index (χ4n) is 2.91. The summed E-state index contributed by atoms with van der Waals surface area (Å²) in [5.74, 6) is -0.161. The van der Waals surface area contributed by atoms with Crippen LogP contribution in [0.25, 0.3) is 0 Å². The molecule has 0 unspecified atom stereocenters. The first-order chi connectivity index (χ1) is 11.1. The monoisotopic (exact) mass is 330 g/mol. The minimum absolute atomic E-state index is 0.0339. The van der Waals surface area contributed by atoms with Gasteiger partial charge < -0.3 is 4.90 Å². The highest BCUT2D eigenvalue weighted by Crippen LogP contribution is 2.23. The summed E-state index contributed by atoms with van der Waals surface area (Å²) in [5, 5.41) is 0. The minimum Gasteiger partial charge on any atom is -0.335 e. The third kappa shape index (κ3) is 3.42. The molecular weight excluding hydrogens is 312 g/mol. The maximum atomic E-state index is 12.6. The standard InChI is InChI=1S/C17H18N2O3S/c20-17(14-8-10-18-11-9-14)19-12-4-5-15(19)13-23(21,22)16-6-2-1-3-7-16/h1-3,6-11,15H,4-5,12-13H2/t15-/m0/s1. The Hall–Kier alpha value is -2.21. The molecule has 1 fully saturated rings. The molecule has 2 aromatic rings. The molecule has 0 bridgehead atoms. The van der Waals surface area contributed by atoms with Crippen molar-refractivity contribution in [3.05, 3.63) is 60.4 Å². The van der Waals surface area contributed by atoms with Gasteiger partial charge in [-0.05, 0) is 37.1 Å². The number of carbonyl (C=O) groups is 1. The number of sulfone groups is 1. The highest BCUT2D eigenvalue weighted by atomic mass is 32.2. The zero-order valence-corrected chi connectivity index (χ0v) is 13.4. The van der Waals surface area contributed by atoms with Crippen molar-refractivity contribution in [2.45, 2.75) is 23.8 Å². The van der Waals surface area contributed by atoms with Gasteiger partial charge in [0.1, 0.15) is 0 Å². The molecule has 0 spiro atoms. The molecule has 0 N–H and O–H groups in total. The molecule has 23 heavy (non-hydrogen) atoms. The van der Waals surface area contributed by atoms with Gasteiger partial charge in [-0.1, -0.05) is 18.2 Å². The summed E-state index contributed by atoms with van der Waals surface area (Å²) in [5.41, 5.74) is 0.545. The second-order valence-corrected chi connectivity index (χ2v) is 7.66. The van der Waals surface area contributed by atoms with Crippen molar-refractivity contribution >= 4 is 15.7 Å². The molecular formula is C17H18N2O3S. The van der Waals surface area contributed by atoms with Crippen LogP contribution in [0.1, 0.15) is 23.2 Å². The molecule has 0 aliphatic carbocycles. The quantitative estimate of drug-likeness (QED) is 0.861. The number of amides is 1. The van der Waals surface area contributed by atoms with E-state index in [4.69, 9.17) is 0 Å². The summed E-state index contributed by atoms with van der Waals surface area (Å²) in [7, 11) is -3.40. The van der Waals surface area contributed by atoms with Crippen LogP contribution in [0.3, 0.4) is 0 Å². The Balaban J connectivity index is 1.79. The molecule has 1 aliphatic heterocycles. The van der Waals surface area contributed by atoms with Crippen LogP contribution in [0.5, 0.6) is 0 Å². The SMILES string of the molecule is O=C(c1ccncc1)N1CCC[C@H]1CS(=O)(=O)c1ccccc1. The van der Waals surface area contributed by atoms with Crippen molar-refractivity contribution in [1.82, 2.24) is 9.88 Å². The molecule has 5 nitrogen and oxygen atoms in total. The van der Waals surface area contributed by atoms with E-state index in [1.54, 1.807) is 59.8 Å². The van der Waals surface area contributed by atoms with Gasteiger partial charge in [0.25, 0.3) is 5.91 Å². The average Bonchev–Trinajstić information content (AvgIpc) is 3.03. The first-order valence-electron chi connectivity index (χ1n) is 7.57. The predicted octanol–water partition coefficient (Wildman–Crippen LogP) is 2.16. The van der Waals surface area contributed by atoms with E-state index in [2.05, 4.69) is 4.98 Å². The number of hydrogen-bond donors (Lipinski definition) is 0. The Morgan fingerprint density at radius 3 is 2.52 bits per heavy atom. The largest absolute Gasteiger partial charge is 0.335 e. The van der Waals surface area contributed by atoms with Crippen molar-refractivity contribution in [1.29, 1.82) is 0 Å². The number of hydrogen-bond acceptors (Lipinski definition) is 4. The molecule has 3 rings (SSSR count). The summed E-state index contributed by atoms with van der Waals surface area (Å²) in [6.07, 6.45) is 4.67. The van der Waals surface area contributed by atoms with E-state index in [1.165, 1.54) is 0 Å². The van der Waals surface area contributed by atoms with Crippen LogP contribution in [0, 0.1) is 0 Å². The van der Waals surface area contributed by atoms with Gasteiger partial charge in [-0.2, -0.15) is 0 Å². The maximum Gasteiger partial charge on any atom is 0.254 e. The number of aromatic nitrogens is 1. The maximum absolute atomic E-state index is 12.6. The van der Waals surface area contributed by atoms with E-state index in [9.17, 15) is 13.2 Å². The highest BCUT2D eigenvalue weighted by molar-refractivity contribution is 7.91. The van der Waals surface area contributed by atoms with Gasteiger partial charge in [0.05, 0.1) is 10.6 Å². The van der Waals surface area contributed by atoms with E-state index < -0.39 is 9.84 Å². The smallest absolute Gasteiger partial charge is 0.254 e. The Morgan fingerprint density at radius 2 is 1.83 bits per heavy atom. The van der Waals surface area contributed by atoms with Gasteiger partial charge in [-0.15, -0.1) is 0 Å². The van der Waals surface area contributed by atoms with Crippen LogP contribution in [0.15, 0.2) is 59.8 Å². The summed E-state index contributed by atoms with van der Waals surface area (Å²) in [6, 6.07) is 11.4. The van der Waals surface area contributed by atoms with Gasteiger partial charge in [-0.25, -0.2) is 8.42 Å². The summed E-state index contributed by atoms with van der Waals surface area (Å²) >= 11 is 0. The predicted molar refractivity (Wildman–Crippen MR) is 86.8 cm³/mol. The van der Waals surface area contributed by atoms with Crippen LogP contribution >= 0.6 is 0 Å². The van der Waals surface area contributed by atoms with Gasteiger partial charge in [0.15, 0.2) is 9.84 Å². The zero-order valence-electron chi connectivity index (χ0n) is 12.6. The lowest BCUT2D eigenvalue weighted by atomic mass is 10.2. The lowest BCUT2D eigenvalue weighted by molar-refractivity contribution is 0.0749. The van der Waals surface area contributed by atoms with Gasteiger partial charge in [0, 0.05) is 30.5 Å². The van der Waals surface area contributed by atoms with E-state index >= 15 is 0 Å². The molecule has 120 valence electrons. The van der Waals surface area contributed by atoms with E-state index in [-0.39, 0.29) is 17.7 Å². The first-order valence-corrected chi connectivity index (χ1v) is 9.22. The molecule has 1 atom stereocenters. The van der Waals surface area contributed by atoms with Gasteiger partial charge in [-0.3, -0.25) is 9.78 Å². The Morgan fingerprint density at radius 1 is 1.13 bits per heavy atom. The number of carbonyl (C=O) groups excluding carboxylic acids is 1. The summed E-state index contributed by atoms with van der Waals surface area (Å²) in [4.78, 5) is 18.5. The normalized spacial score (nSPS) is 18.1. The number of likely N-dealkylation sites (tertiary alicyclic amines) is 1. The molecule has 6 heteroatoms. The molecule has 0 radical (unpaired) electrons. The second kappa shape index (κ2) is 6.50. The fraction of sp³-hybridized carbons (Fsp3) is 0.294. The van der Waals surface area contributed by atoms with Crippen LogP contribution in [0.2, 0.25) is 0 Å². The second-order valence-electron chi connectivity index (χ2n) is 5.62. The van der Waals surface area contributed by atoms with Crippen LogP contribution < -0.4 is 0 Å². The summed E-state index contributed by atoms with van der Waals surface area (Å²) < 4.78 is 25.1. The average molecular weight is 330 g/mol. The van der Waals surface area contributed by atoms with Crippen molar-refractivity contribution < 1.29 is 13.2 Å². The van der Waals surface area contributed by atoms with Crippen molar-refractivity contribution in [3.8, 4) is 0 Å². The minimum atomic E-state index is -3.40. The number of rotatable bonds is 4. The Labute approximate surface area is 135 Å². The van der Waals surface area contributed by atoms with Gasteiger partial charge >= 0.3 is 0 Å². The third-order valence-corrected chi connectivity index (χ3v) is 5.89. The summed E-state index contributed by atoms with van der Waals surface area (Å²) in [6.45, 7) is 0.593. The first kappa shape index (κ1) is 15.7. The van der Waals surface area contributed by atoms with E-state index in [0.717, 1.165) is 6.42 Å². The van der Waals surface area contributed by atoms with Gasteiger partial charge in [0.2, 0.25) is 0 Å². The molecule has 1 amide bonds. The van der Waals surface area contributed by atoms with E-state index in [0.29, 0.717) is 23.4 Å². The number of nitrogens with zero attached hydrogens (tertiary/aromatic N) is 2. The van der Waals surface area contributed by atoms with Crippen molar-refractivity contribution in [2.24, 2.45) is 0 Å². The topological polar surface area (TPSA) is 67.3 Å². The molecule has 1 saturated heterocycles. The van der Waals surface area contributed by atoms with Crippen LogP contribution in [-0.2, 0) is 9.84 Å². The third-order valence-electron chi connectivity index (χ3n) is 4.08. The number of pyridine rings is 1. The lowest BCUT2D eigenvalue weighted by Crippen LogP contribution is -2.39. The zero-order chi connectivity index (χ0) is 16.3. The fourth-order valence-corrected chi connectivity index (χ4v) is 4.53. The molecule has 1 aliphatic rings. The van der Waals surface area contributed by atoms with Crippen LogP contribution in [-0.4, -0.2) is 42.5 Å². The lowest BCUT2D eigenvalue weighted by Gasteiger charge is -2.24. The van der Waals surface area contributed by atoms with Crippen molar-refractivity contribution in [3.63, 3.8) is 0 Å². The highest BCUT2D eigenvalue weighted by Gasteiger charge is 2.33. The molecule has 0 saturated carbocycles. The van der Waals surface area contributed by atoms with Crippen molar-refractivity contribution in [2.75, 3.05) is 12.3 Å². The molecule has 1 aromatic heterocycles. The molecule has 2 heterocycles. The van der Waals surface area contributed by atoms with Crippen LogP contribution in [0.4, 0.5) is 0 Å². The molecule has 1 aromatic carbocycles. The van der Waals surface area contributed by atoms with E-state index in [1.807, 2.05) is 0 Å². The number of benzene rings is 1.